The van der Waals surface area contributed by atoms with Gasteiger partial charge >= 0.3 is 53.7 Å². The van der Waals surface area contributed by atoms with Gasteiger partial charge in [-0.15, -0.1) is 0 Å². The molecule has 16 bridgehead atoms. The zero-order chi connectivity index (χ0) is 93.3. The van der Waals surface area contributed by atoms with Gasteiger partial charge in [0, 0.05) is 122 Å². The van der Waals surface area contributed by atoms with E-state index in [2.05, 4.69) is 36.8 Å². The van der Waals surface area contributed by atoms with Crippen LogP contribution >= 0.6 is 0 Å². The summed E-state index contributed by atoms with van der Waals surface area (Å²) in [7, 11) is -7.10. The molecule has 30 nitrogen and oxygen atoms in total. The molecule has 6 amide bonds. The van der Waals surface area contributed by atoms with Crippen molar-refractivity contribution in [3.05, 3.63) is 83.6 Å². The van der Waals surface area contributed by atoms with Crippen molar-refractivity contribution in [2.45, 2.75) is 335 Å². The number of carboxylic acid groups (broad SMARTS) is 2. The van der Waals surface area contributed by atoms with Crippen LogP contribution in [-0.2, 0) is 69.3 Å². The van der Waals surface area contributed by atoms with E-state index in [4.69, 9.17) is 36.9 Å². The quantitative estimate of drug-likeness (QED) is 0.0130. The number of amides is 6. The number of benzene rings is 2. The van der Waals surface area contributed by atoms with Crippen LogP contribution in [0, 0.1) is 71.0 Å². The summed E-state index contributed by atoms with van der Waals surface area (Å²) in [5.41, 5.74) is 19.9. The van der Waals surface area contributed by atoms with Crippen LogP contribution in [0.5, 0.6) is 0 Å². The summed E-state index contributed by atoms with van der Waals surface area (Å²) in [5, 5.41) is 34.0. The molecule has 16 saturated carbocycles. The van der Waals surface area contributed by atoms with Gasteiger partial charge in [0.25, 0.3) is 10.1 Å². The fraction of sp³-hybridized carbons (Fsp3) is 0.722. The molecular weight excluding hydrogens is 1710 g/mol. The van der Waals surface area contributed by atoms with Crippen LogP contribution < -0.4 is 83.6 Å². The average Bonchev–Trinajstić information content (AvgIpc) is 1.45. The molecule has 0 atom stereocenters. The van der Waals surface area contributed by atoms with Crippen molar-refractivity contribution < 1.29 is 124 Å². The standard InChI is InChI=1S/C45H58N4O8S2.C18H30N2O3.C13H22N2O.C10H17N.C8H15NO4.C3H7NO2.Na.H2O/c1-43(2)35-25-33(58(52,53)54)15-17-37(35)48(5)39(43)12-8-6-9-13-40-44(3,4)36-26-34(59(55,56)57)16-18-38(36)49(40)21-11-7-10-14-41(50)46-20-19-42(51)47-45-27-30-22-31(28-45)24-32(23-30)29-45;1-17(2,3)23-16(22)19-5-4-15(21)20-18-9-12-6-13(10-18)8-14(7-12)11-18;14-2-1-12(16)15-13-6-9-3-10(7-13)5-11(4-9)8-13;11-10-4-7-1-8(5-10)3-9(2-7)6-10;1-8(2,3)13-7(12)9-5-4-6(10)11;4-2-1-3(5)6;;/h6,8-9,12-13,15-18,25-26,30-32H,7,10-11,14,19-24,27-29H2,1-5H3,(H3-,46,47,50,51,52,53,54,55,56,57);12-14H,4-11H2,1-3H3,(H,19,22)(H,20,21);9-11H,1-8,14H2,(H,15,16);7-9H,1-6,11H2;4-5H2,1-3H3,(H,9,12)(H,10,11);1-2,4H2,(H,5,6);;1H2/q;;;;;;+1;/p-1. The molecule has 0 spiro atoms. The van der Waals surface area contributed by atoms with Gasteiger partial charge in [0.15, 0.2) is 5.71 Å². The van der Waals surface area contributed by atoms with Crippen molar-refractivity contribution in [2.75, 3.05) is 51.2 Å². The molecule has 720 valence electrons. The minimum absolute atomic E-state index is 0. The number of hydrogen-bond donors (Lipinski definition) is 12. The van der Waals surface area contributed by atoms with E-state index in [1.54, 1.807) is 32.9 Å². The Morgan fingerprint density at radius 3 is 1.24 bits per heavy atom. The number of nitrogens with two attached hydrogens (primary N) is 3. The normalized spacial score (nSPS) is 30.0. The molecule has 2 aliphatic heterocycles. The molecule has 0 unspecified atom stereocenters. The number of nitrogens with zero attached hydrogens (tertiary/aromatic N) is 2. The van der Waals surface area contributed by atoms with E-state index in [0.29, 0.717) is 57.4 Å². The number of aliphatic carboxylic acids is 2. The minimum Gasteiger partial charge on any atom is -0.870 e. The molecule has 16 aliphatic carbocycles. The second kappa shape index (κ2) is 44.3. The van der Waals surface area contributed by atoms with E-state index in [1.165, 1.54) is 140 Å². The van der Waals surface area contributed by atoms with E-state index in [9.17, 15) is 64.3 Å². The molecule has 0 aromatic heterocycles. The van der Waals surface area contributed by atoms with Gasteiger partial charge < -0.3 is 83.7 Å². The van der Waals surface area contributed by atoms with Crippen molar-refractivity contribution in [3.63, 3.8) is 0 Å². The van der Waals surface area contributed by atoms with Crippen LogP contribution in [0.4, 0.5) is 21.0 Å². The Hall–Kier alpha value is -6.85. The Labute approximate surface area is 793 Å². The average molecular weight is 1860 g/mol. The molecule has 130 heavy (non-hydrogen) atoms. The number of fused-ring (bicyclic) bond motifs is 2. The number of carbonyl (C=O) groups excluding carboxylic acids is 6. The Bertz CT molecular complexity index is 4580. The number of nitrogens with one attached hydrogen (secondary N) is 6. The number of allylic oxidation sites excluding steroid dienone is 6. The number of unbranched alkanes of at least 4 members (excludes halogenated alkanes) is 2. The number of anilines is 1. The van der Waals surface area contributed by atoms with E-state index < -0.39 is 66.4 Å². The van der Waals surface area contributed by atoms with Crippen LogP contribution in [0.25, 0.3) is 0 Å². The fourth-order valence-corrected chi connectivity index (χ4v) is 27.0. The summed E-state index contributed by atoms with van der Waals surface area (Å²) in [5.74, 6) is 8.88. The second-order valence-corrected chi connectivity index (χ2v) is 46.4. The monoisotopic (exact) mass is 1860 g/mol. The summed E-state index contributed by atoms with van der Waals surface area (Å²) in [6, 6.07) is 9.12. The Morgan fingerprint density at radius 2 is 0.869 bits per heavy atom. The molecule has 0 saturated heterocycles. The number of carbonyl (C=O) groups is 8. The van der Waals surface area contributed by atoms with E-state index >= 15 is 0 Å². The Balaban J connectivity index is 0.000000215. The maximum Gasteiger partial charge on any atom is 1.00 e. The summed E-state index contributed by atoms with van der Waals surface area (Å²) >= 11 is 0. The van der Waals surface area contributed by atoms with E-state index in [1.807, 2.05) is 90.5 Å². The van der Waals surface area contributed by atoms with Gasteiger partial charge in [-0.1, -0.05) is 38.5 Å². The molecule has 33 heteroatoms. The first-order valence-corrected chi connectivity index (χ1v) is 50.2. The van der Waals surface area contributed by atoms with Crippen LogP contribution in [-0.4, -0.2) is 179 Å². The molecule has 16 N–H and O–H groups in total. The van der Waals surface area contributed by atoms with Gasteiger partial charge in [-0.2, -0.15) is 13.0 Å². The molecular formula is C97H150N11NaO19S2. The van der Waals surface area contributed by atoms with Crippen LogP contribution in [0.3, 0.4) is 0 Å². The summed E-state index contributed by atoms with van der Waals surface area (Å²) in [6.45, 7) is 20.7. The van der Waals surface area contributed by atoms with Gasteiger partial charge in [0.2, 0.25) is 29.3 Å². The predicted octanol–water partition coefficient (Wildman–Crippen LogP) is 10.3. The van der Waals surface area contributed by atoms with Gasteiger partial charge in [-0.3, -0.25) is 33.3 Å². The van der Waals surface area contributed by atoms with Gasteiger partial charge in [-0.25, -0.2) is 18.0 Å². The van der Waals surface area contributed by atoms with Gasteiger partial charge in [0.1, 0.15) is 28.4 Å². The van der Waals surface area contributed by atoms with Gasteiger partial charge in [-0.05, 0) is 335 Å². The molecule has 20 rings (SSSR count). The largest absolute Gasteiger partial charge is 1.00 e. The number of carboxylic acids is 2. The fourth-order valence-electron chi connectivity index (χ4n) is 26.0. The summed E-state index contributed by atoms with van der Waals surface area (Å²) in [6.07, 6.45) is 43.7. The number of rotatable bonds is 27. The van der Waals surface area contributed by atoms with Gasteiger partial charge in [0.05, 0.1) is 28.0 Å². The van der Waals surface area contributed by atoms with Crippen molar-refractivity contribution >= 4 is 85.1 Å². The SMILES string of the molecule is CC(C)(C)OC(=O)NCCC(=O)NC12CC3CC(CC(C3)C1)C2.CC(C)(C)OC(=O)NCCC(=O)O.C[N+]1=C(C=CC=CC=C2N(CCCCCC(=O)NCCC(=O)NC34CC5CC(CC(C5)C3)C4)c3ccc(S(=O)(=O)[O-])cc3C2(C)C)C(C)(C)c2cc(S(=O)(=O)O)ccc21.NC12CC3CC(CC(C3)C1)C2.NCCC(=O)NC12CC3CC(CC(C3)C1)C2.NCCC(=O)O.[Na+].[OH-]. The molecule has 2 heterocycles. The molecule has 2 aromatic carbocycles. The third-order valence-corrected chi connectivity index (χ3v) is 31.0. The Morgan fingerprint density at radius 1 is 0.492 bits per heavy atom. The molecule has 0 radical (unpaired) electrons. The second-order valence-electron chi connectivity index (χ2n) is 43.6. The first-order chi connectivity index (χ1) is 59.9. The topological polar surface area (TPSA) is 494 Å². The first-order valence-electron chi connectivity index (χ1n) is 47.3. The van der Waals surface area contributed by atoms with Crippen molar-refractivity contribution in [2.24, 2.45) is 88.2 Å². The van der Waals surface area contributed by atoms with Crippen LogP contribution in [0.15, 0.2) is 82.3 Å². The summed E-state index contributed by atoms with van der Waals surface area (Å²) in [4.78, 5) is 93.4. The zero-order valence-electron chi connectivity index (χ0n) is 79.2. The van der Waals surface area contributed by atoms with Crippen LogP contribution in [0.2, 0.25) is 0 Å². The summed E-state index contributed by atoms with van der Waals surface area (Å²) < 4.78 is 81.3. The maximum absolute atomic E-state index is 12.9. The smallest absolute Gasteiger partial charge is 0.870 e. The minimum atomic E-state index is -4.66. The van der Waals surface area contributed by atoms with Crippen LogP contribution in [0.1, 0.15) is 292 Å². The van der Waals surface area contributed by atoms with Crippen molar-refractivity contribution in [1.82, 2.24) is 31.9 Å². The maximum atomic E-state index is 12.9. The van der Waals surface area contributed by atoms with E-state index in [0.717, 1.165) is 156 Å². The van der Waals surface area contributed by atoms with Crippen molar-refractivity contribution in [1.29, 1.82) is 0 Å². The number of ether oxygens (including phenoxy) is 2. The zero-order valence-corrected chi connectivity index (χ0v) is 82.8. The van der Waals surface area contributed by atoms with E-state index in [-0.39, 0.29) is 117 Å². The third kappa shape index (κ3) is 29.3. The number of alkyl carbamates (subject to hydrolysis) is 2. The van der Waals surface area contributed by atoms with Crippen molar-refractivity contribution in [3.8, 4) is 0 Å². The third-order valence-electron chi connectivity index (χ3n) is 29.3. The first kappa shape index (κ1) is 107. The number of hydrogen-bond acceptors (Lipinski definition) is 20. The molecule has 2 aromatic rings. The Kier molecular flexibility index (Phi) is 36.4. The molecule has 18 aliphatic rings. The molecule has 16 fully saturated rings. The predicted molar refractivity (Wildman–Crippen MR) is 492 cm³/mol.